The molecule has 0 saturated carbocycles. The first kappa shape index (κ1) is 15.7. The highest BCUT2D eigenvalue weighted by Crippen LogP contribution is 2.22. The molecule has 0 radical (unpaired) electrons. The van der Waals surface area contributed by atoms with E-state index in [1.165, 1.54) is 0 Å². The van der Waals surface area contributed by atoms with Crippen LogP contribution in [0.15, 0.2) is 36.4 Å². The zero-order chi connectivity index (χ0) is 15.4. The lowest BCUT2D eigenvalue weighted by Crippen LogP contribution is -2.20. The van der Waals surface area contributed by atoms with Crippen LogP contribution in [0.25, 0.3) is 0 Å². The average Bonchev–Trinajstić information content (AvgIpc) is 2.36. The van der Waals surface area contributed by atoms with E-state index in [9.17, 15) is 4.79 Å². The molecule has 0 aliphatic carbocycles. The fraction of sp³-hybridized carbons (Fsp3) is 0.188. The fourth-order valence-electron chi connectivity index (χ4n) is 1.93. The molecule has 0 heterocycles. The van der Waals surface area contributed by atoms with E-state index in [0.717, 1.165) is 11.1 Å². The number of amides is 1. The van der Waals surface area contributed by atoms with Gasteiger partial charge in [-0.05, 0) is 43.7 Å². The van der Waals surface area contributed by atoms with Gasteiger partial charge in [-0.1, -0.05) is 40.9 Å². The second kappa shape index (κ2) is 6.83. The van der Waals surface area contributed by atoms with Gasteiger partial charge < -0.3 is 10.1 Å². The second-order valence-corrected chi connectivity index (χ2v) is 5.64. The topological polar surface area (TPSA) is 38.3 Å². The van der Waals surface area contributed by atoms with Gasteiger partial charge in [0, 0.05) is 15.7 Å². The summed E-state index contributed by atoms with van der Waals surface area (Å²) < 4.78 is 5.51. The number of rotatable bonds is 4. The normalized spacial score (nSPS) is 10.3. The molecule has 0 atom stereocenters. The number of anilines is 1. The minimum Gasteiger partial charge on any atom is -0.483 e. The Morgan fingerprint density at radius 2 is 1.76 bits per heavy atom. The first-order chi connectivity index (χ1) is 9.94. The number of carbonyl (C=O) groups is 1. The van der Waals surface area contributed by atoms with Crippen molar-refractivity contribution in [1.29, 1.82) is 0 Å². The number of nitrogens with one attached hydrogen (secondary N) is 1. The van der Waals surface area contributed by atoms with Crippen LogP contribution in [0.1, 0.15) is 11.1 Å². The van der Waals surface area contributed by atoms with Crippen LogP contribution in [0.5, 0.6) is 5.75 Å². The Labute approximate surface area is 133 Å². The summed E-state index contributed by atoms with van der Waals surface area (Å²) in [6.45, 7) is 3.87. The minimum absolute atomic E-state index is 0.0754. The van der Waals surface area contributed by atoms with Crippen LogP contribution in [0, 0.1) is 13.8 Å². The summed E-state index contributed by atoms with van der Waals surface area (Å²) in [4.78, 5) is 11.9. The third-order valence-electron chi connectivity index (χ3n) is 2.84. The van der Waals surface area contributed by atoms with Crippen molar-refractivity contribution in [1.82, 2.24) is 0 Å². The first-order valence-electron chi connectivity index (χ1n) is 6.40. The van der Waals surface area contributed by atoms with Crippen molar-refractivity contribution < 1.29 is 9.53 Å². The molecule has 2 aromatic rings. The third kappa shape index (κ3) is 4.66. The van der Waals surface area contributed by atoms with E-state index in [0.29, 0.717) is 21.5 Å². The lowest BCUT2D eigenvalue weighted by atomic mass is 10.1. The summed E-state index contributed by atoms with van der Waals surface area (Å²) in [6, 6.07) is 10.7. The Balaban J connectivity index is 1.95. The second-order valence-electron chi connectivity index (χ2n) is 4.76. The van der Waals surface area contributed by atoms with E-state index in [1.807, 2.05) is 32.0 Å². The predicted molar refractivity (Wildman–Crippen MR) is 86.5 cm³/mol. The molecular formula is C16H15Cl2NO2. The van der Waals surface area contributed by atoms with E-state index in [2.05, 4.69) is 5.32 Å². The van der Waals surface area contributed by atoms with E-state index >= 15 is 0 Å². The van der Waals surface area contributed by atoms with E-state index < -0.39 is 0 Å². The summed E-state index contributed by atoms with van der Waals surface area (Å²) in [7, 11) is 0. The molecule has 3 nitrogen and oxygen atoms in total. The molecule has 5 heteroatoms. The largest absolute Gasteiger partial charge is 0.483 e. The molecule has 110 valence electrons. The maximum atomic E-state index is 11.9. The Morgan fingerprint density at radius 3 is 2.38 bits per heavy atom. The summed E-state index contributed by atoms with van der Waals surface area (Å²) in [5.74, 6) is 0.424. The lowest BCUT2D eigenvalue weighted by molar-refractivity contribution is -0.118. The fourth-order valence-corrected chi connectivity index (χ4v) is 2.45. The van der Waals surface area contributed by atoms with Crippen molar-refractivity contribution in [2.24, 2.45) is 0 Å². The molecule has 1 amide bonds. The summed E-state index contributed by atoms with van der Waals surface area (Å²) in [5.41, 5.74) is 2.69. The molecule has 21 heavy (non-hydrogen) atoms. The van der Waals surface area contributed by atoms with Gasteiger partial charge in [-0.15, -0.1) is 0 Å². The zero-order valence-corrected chi connectivity index (χ0v) is 13.3. The quantitative estimate of drug-likeness (QED) is 0.890. The van der Waals surface area contributed by atoms with Gasteiger partial charge in [0.25, 0.3) is 5.91 Å². The zero-order valence-electron chi connectivity index (χ0n) is 11.7. The number of carbonyl (C=O) groups excluding carboxylic acids is 1. The molecule has 0 spiro atoms. The van der Waals surface area contributed by atoms with Crippen molar-refractivity contribution >= 4 is 34.8 Å². The van der Waals surface area contributed by atoms with E-state index in [1.54, 1.807) is 18.2 Å². The lowest BCUT2D eigenvalue weighted by Gasteiger charge is -2.10. The van der Waals surface area contributed by atoms with Gasteiger partial charge in [0.05, 0.1) is 0 Å². The average molecular weight is 324 g/mol. The van der Waals surface area contributed by atoms with Crippen LogP contribution in [0.3, 0.4) is 0 Å². The SMILES string of the molecule is Cc1ccc(OCC(=O)Nc2cc(Cl)cc(Cl)c2)c(C)c1. The number of aryl methyl sites for hydroxylation is 2. The highest BCUT2D eigenvalue weighted by Gasteiger charge is 2.07. The minimum atomic E-state index is -0.270. The van der Waals surface area contributed by atoms with Crippen LogP contribution in [0.4, 0.5) is 5.69 Å². The molecule has 0 aliphatic heterocycles. The molecular weight excluding hydrogens is 309 g/mol. The summed E-state index contributed by atoms with van der Waals surface area (Å²) in [6.07, 6.45) is 0. The Bertz CT molecular complexity index is 651. The van der Waals surface area contributed by atoms with Gasteiger partial charge in [0.15, 0.2) is 6.61 Å². The van der Waals surface area contributed by atoms with E-state index in [-0.39, 0.29) is 12.5 Å². The van der Waals surface area contributed by atoms with Crippen molar-refractivity contribution in [2.45, 2.75) is 13.8 Å². The molecule has 1 N–H and O–H groups in total. The molecule has 0 aliphatic rings. The number of ether oxygens (including phenoxy) is 1. The van der Waals surface area contributed by atoms with Crippen molar-refractivity contribution in [3.05, 3.63) is 57.6 Å². The predicted octanol–water partition coefficient (Wildman–Crippen LogP) is 4.63. The maximum Gasteiger partial charge on any atom is 0.262 e. The van der Waals surface area contributed by atoms with Gasteiger partial charge in [0.1, 0.15) is 5.75 Å². The van der Waals surface area contributed by atoms with Crippen molar-refractivity contribution in [3.8, 4) is 5.75 Å². The Morgan fingerprint density at radius 1 is 1.10 bits per heavy atom. The van der Waals surface area contributed by atoms with Gasteiger partial charge in [0.2, 0.25) is 0 Å². The summed E-state index contributed by atoms with van der Waals surface area (Å²) in [5, 5.41) is 3.62. The molecule has 0 bridgehead atoms. The Hall–Kier alpha value is -1.71. The van der Waals surface area contributed by atoms with Gasteiger partial charge in [-0.2, -0.15) is 0 Å². The highest BCUT2D eigenvalue weighted by molar-refractivity contribution is 6.35. The molecule has 0 fully saturated rings. The molecule has 0 aromatic heterocycles. The van der Waals surface area contributed by atoms with Crippen LogP contribution in [-0.2, 0) is 4.79 Å². The molecule has 2 rings (SSSR count). The van der Waals surface area contributed by atoms with Gasteiger partial charge in [-0.25, -0.2) is 0 Å². The van der Waals surface area contributed by atoms with Gasteiger partial charge >= 0.3 is 0 Å². The number of benzene rings is 2. The maximum absolute atomic E-state index is 11.9. The van der Waals surface area contributed by atoms with Crippen LogP contribution < -0.4 is 10.1 Å². The van der Waals surface area contributed by atoms with E-state index in [4.69, 9.17) is 27.9 Å². The smallest absolute Gasteiger partial charge is 0.262 e. The van der Waals surface area contributed by atoms with Crippen LogP contribution in [-0.4, -0.2) is 12.5 Å². The number of hydrogen-bond acceptors (Lipinski definition) is 2. The number of hydrogen-bond donors (Lipinski definition) is 1. The Kier molecular flexibility index (Phi) is 5.10. The van der Waals surface area contributed by atoms with Crippen LogP contribution in [0.2, 0.25) is 10.0 Å². The standard InChI is InChI=1S/C16H15Cl2NO2/c1-10-3-4-15(11(2)5-10)21-9-16(20)19-14-7-12(17)6-13(18)8-14/h3-8H,9H2,1-2H3,(H,19,20). The molecule has 0 saturated heterocycles. The molecule has 0 unspecified atom stereocenters. The van der Waals surface area contributed by atoms with Gasteiger partial charge in [-0.3, -0.25) is 4.79 Å². The van der Waals surface area contributed by atoms with Crippen molar-refractivity contribution in [2.75, 3.05) is 11.9 Å². The first-order valence-corrected chi connectivity index (χ1v) is 7.15. The summed E-state index contributed by atoms with van der Waals surface area (Å²) >= 11 is 11.8. The number of halogens is 2. The highest BCUT2D eigenvalue weighted by atomic mass is 35.5. The third-order valence-corrected chi connectivity index (χ3v) is 3.27. The van der Waals surface area contributed by atoms with Crippen molar-refractivity contribution in [3.63, 3.8) is 0 Å². The monoisotopic (exact) mass is 323 g/mol. The molecule has 2 aromatic carbocycles. The van der Waals surface area contributed by atoms with Crippen LogP contribution >= 0.6 is 23.2 Å².